The quantitative estimate of drug-likeness (QED) is 0.255. The molecule has 8 heteroatoms. The van der Waals surface area contributed by atoms with Gasteiger partial charge in [0.25, 0.3) is 0 Å². The molecule has 19 heavy (non-hydrogen) atoms. The second-order valence-corrected chi connectivity index (χ2v) is 10.1. The van der Waals surface area contributed by atoms with Crippen LogP contribution < -0.4 is 0 Å². The Morgan fingerprint density at radius 3 is 2.63 bits per heavy atom. The van der Waals surface area contributed by atoms with Crippen LogP contribution in [0.1, 0.15) is 12.8 Å². The van der Waals surface area contributed by atoms with Crippen molar-refractivity contribution in [3.05, 3.63) is 10.4 Å². The number of ether oxygens (including phenoxy) is 2. The van der Waals surface area contributed by atoms with Crippen molar-refractivity contribution in [3.63, 3.8) is 0 Å². The highest BCUT2D eigenvalue weighted by Crippen LogP contribution is 2.32. The Hall–Kier alpha value is -1.24. The number of hydrogen-bond donors (Lipinski definition) is 0. The number of nitrogens with zero attached hydrogens (tertiary/aromatic N) is 3. The molecule has 0 spiro atoms. The molecule has 1 aliphatic carbocycles. The summed E-state index contributed by atoms with van der Waals surface area (Å²) in [6.07, 6.45) is 0.657. The van der Waals surface area contributed by atoms with Crippen LogP contribution in [0.15, 0.2) is 5.11 Å². The summed E-state index contributed by atoms with van der Waals surface area (Å²) in [6, 6.07) is -0.178. The molecule has 1 rings (SSSR count). The normalized spacial score (nSPS) is 26.6. The van der Waals surface area contributed by atoms with E-state index in [0.29, 0.717) is 6.42 Å². The van der Waals surface area contributed by atoms with Gasteiger partial charge in [0, 0.05) is 4.91 Å². The van der Waals surface area contributed by atoms with Gasteiger partial charge in [0.2, 0.25) is 0 Å². The van der Waals surface area contributed by atoms with Gasteiger partial charge in [-0.3, -0.25) is 0 Å². The van der Waals surface area contributed by atoms with Gasteiger partial charge in [0.1, 0.15) is 0 Å². The van der Waals surface area contributed by atoms with Crippen LogP contribution in [0, 0.1) is 5.92 Å². The van der Waals surface area contributed by atoms with Crippen molar-refractivity contribution in [1.82, 2.24) is 0 Å². The average molecular weight is 287 g/mol. The smallest absolute Gasteiger partial charge is 0.438 e. The monoisotopic (exact) mass is 287 g/mol. The lowest BCUT2D eigenvalue weighted by atomic mass is 10.1. The fraction of sp³-hybridized carbons (Fsp3) is 0.909. The molecule has 3 unspecified atom stereocenters. The lowest BCUT2D eigenvalue weighted by molar-refractivity contribution is 0.0587. The van der Waals surface area contributed by atoms with E-state index in [-0.39, 0.29) is 24.7 Å². The molecule has 0 aromatic carbocycles. The Bertz CT molecular complexity index is 365. The van der Waals surface area contributed by atoms with Crippen molar-refractivity contribution in [2.75, 3.05) is 13.7 Å². The Labute approximate surface area is 114 Å². The fourth-order valence-corrected chi connectivity index (χ4v) is 3.39. The van der Waals surface area contributed by atoms with Crippen LogP contribution in [0.4, 0.5) is 4.79 Å². The zero-order chi connectivity index (χ0) is 14.5. The number of methoxy groups -OCH3 is 1. The summed E-state index contributed by atoms with van der Waals surface area (Å²) in [4.78, 5) is 13.8. The predicted octanol–water partition coefficient (Wildman–Crippen LogP) is 3.08. The van der Waals surface area contributed by atoms with E-state index in [4.69, 9.17) is 14.7 Å². The van der Waals surface area contributed by atoms with Crippen LogP contribution in [0.25, 0.3) is 10.4 Å². The van der Waals surface area contributed by atoms with E-state index in [1.54, 1.807) is 0 Å². The molecule has 0 aliphatic heterocycles. The standard InChI is InChI=1S/C11H21N3O4Si/c1-16-11(15)17-7-8-5-9(13-14-12)10(6-8)18-19(2,3)4/h8-10H,5-7H2,1-4H3. The van der Waals surface area contributed by atoms with E-state index in [1.807, 2.05) is 0 Å². The van der Waals surface area contributed by atoms with Gasteiger partial charge in [-0.05, 0) is 43.9 Å². The van der Waals surface area contributed by atoms with E-state index in [2.05, 4.69) is 34.4 Å². The minimum Gasteiger partial charge on any atom is -0.438 e. The van der Waals surface area contributed by atoms with Crippen LogP contribution >= 0.6 is 0 Å². The van der Waals surface area contributed by atoms with Crippen LogP contribution in [-0.2, 0) is 13.9 Å². The first-order valence-electron chi connectivity index (χ1n) is 6.28. The van der Waals surface area contributed by atoms with E-state index >= 15 is 0 Å². The van der Waals surface area contributed by atoms with Gasteiger partial charge in [-0.25, -0.2) is 4.79 Å². The first kappa shape index (κ1) is 15.8. The summed E-state index contributed by atoms with van der Waals surface area (Å²) in [5.41, 5.74) is 8.59. The second-order valence-electron chi connectivity index (χ2n) is 5.64. The maximum atomic E-state index is 10.9. The average Bonchev–Trinajstić information content (AvgIpc) is 2.67. The molecule has 0 N–H and O–H groups in total. The molecule has 1 saturated carbocycles. The van der Waals surface area contributed by atoms with E-state index in [1.165, 1.54) is 7.11 Å². The summed E-state index contributed by atoms with van der Waals surface area (Å²) in [6.45, 7) is 6.56. The van der Waals surface area contributed by atoms with Crippen molar-refractivity contribution in [1.29, 1.82) is 0 Å². The number of hydrogen-bond acceptors (Lipinski definition) is 5. The molecule has 0 amide bonds. The van der Waals surface area contributed by atoms with Gasteiger partial charge in [0.15, 0.2) is 8.32 Å². The maximum Gasteiger partial charge on any atom is 0.507 e. The molecule has 0 radical (unpaired) electrons. The number of azide groups is 1. The third kappa shape index (κ3) is 5.50. The van der Waals surface area contributed by atoms with Crippen LogP contribution in [0.2, 0.25) is 19.6 Å². The SMILES string of the molecule is COC(=O)OCC1CC(N=[N+]=[N-])C(O[Si](C)(C)C)C1. The number of rotatable bonds is 5. The Kier molecular flexibility index (Phi) is 5.65. The Morgan fingerprint density at radius 1 is 1.42 bits per heavy atom. The minimum absolute atomic E-state index is 0.0752. The van der Waals surface area contributed by atoms with Crippen LogP contribution in [0.3, 0.4) is 0 Å². The molecule has 108 valence electrons. The first-order chi connectivity index (χ1) is 8.85. The first-order valence-corrected chi connectivity index (χ1v) is 9.69. The molecule has 1 fully saturated rings. The lowest BCUT2D eigenvalue weighted by Crippen LogP contribution is -2.35. The van der Waals surface area contributed by atoms with Crippen molar-refractivity contribution in [2.24, 2.45) is 11.0 Å². The van der Waals surface area contributed by atoms with Gasteiger partial charge in [-0.2, -0.15) is 0 Å². The van der Waals surface area contributed by atoms with E-state index < -0.39 is 14.5 Å². The predicted molar refractivity (Wildman–Crippen MR) is 72.2 cm³/mol. The zero-order valence-electron chi connectivity index (χ0n) is 11.8. The second kappa shape index (κ2) is 6.79. The molecule has 0 aromatic heterocycles. The molecule has 3 atom stereocenters. The lowest BCUT2D eigenvalue weighted by Gasteiger charge is -2.25. The minimum atomic E-state index is -1.69. The number of carbonyl (C=O) groups excluding carboxylic acids is 1. The maximum absolute atomic E-state index is 10.9. The summed E-state index contributed by atoms with van der Waals surface area (Å²) in [7, 11) is -0.415. The molecule has 0 aromatic rings. The molecule has 0 heterocycles. The summed E-state index contributed by atoms with van der Waals surface area (Å²) < 4.78 is 15.4. The fourth-order valence-electron chi connectivity index (χ4n) is 2.22. The van der Waals surface area contributed by atoms with Crippen molar-refractivity contribution in [2.45, 2.75) is 44.6 Å². The molecular formula is C11H21N3O4Si. The molecule has 0 saturated heterocycles. The molecule has 7 nitrogen and oxygen atoms in total. The van der Waals surface area contributed by atoms with Gasteiger partial charge in [-0.1, -0.05) is 5.11 Å². The number of carbonyl (C=O) groups is 1. The third-order valence-corrected chi connectivity index (χ3v) is 3.89. The molecule has 0 bridgehead atoms. The highest BCUT2D eigenvalue weighted by molar-refractivity contribution is 6.69. The molecular weight excluding hydrogens is 266 g/mol. The highest BCUT2D eigenvalue weighted by atomic mass is 28.4. The van der Waals surface area contributed by atoms with Crippen molar-refractivity contribution < 1.29 is 18.7 Å². The van der Waals surface area contributed by atoms with Crippen molar-refractivity contribution >= 4 is 14.5 Å². The molecule has 1 aliphatic rings. The van der Waals surface area contributed by atoms with Gasteiger partial charge >= 0.3 is 6.16 Å². The topological polar surface area (TPSA) is 93.5 Å². The Morgan fingerprint density at radius 2 is 2.11 bits per heavy atom. The van der Waals surface area contributed by atoms with E-state index in [9.17, 15) is 4.79 Å². The largest absolute Gasteiger partial charge is 0.507 e. The highest BCUT2D eigenvalue weighted by Gasteiger charge is 2.37. The summed E-state index contributed by atoms with van der Waals surface area (Å²) in [5.74, 6) is 0.149. The Balaban J connectivity index is 2.56. The third-order valence-electron chi connectivity index (χ3n) is 2.88. The van der Waals surface area contributed by atoms with Gasteiger partial charge in [0.05, 0.1) is 25.9 Å². The van der Waals surface area contributed by atoms with Crippen LogP contribution in [0.5, 0.6) is 0 Å². The van der Waals surface area contributed by atoms with Gasteiger partial charge in [-0.15, -0.1) is 0 Å². The van der Waals surface area contributed by atoms with Gasteiger partial charge < -0.3 is 13.9 Å². The van der Waals surface area contributed by atoms with Crippen molar-refractivity contribution in [3.8, 4) is 0 Å². The van der Waals surface area contributed by atoms with E-state index in [0.717, 1.165) is 6.42 Å². The zero-order valence-corrected chi connectivity index (χ0v) is 12.8. The summed E-state index contributed by atoms with van der Waals surface area (Å²) >= 11 is 0. The summed E-state index contributed by atoms with van der Waals surface area (Å²) in [5, 5.41) is 3.79. The van der Waals surface area contributed by atoms with Crippen LogP contribution in [-0.4, -0.2) is 40.3 Å².